The minimum atomic E-state index is -2.94. The van der Waals surface area contributed by atoms with Crippen LogP contribution in [0.2, 0.25) is 0 Å². The Labute approximate surface area is 110 Å². The standard InChI is InChI=1S/C12H24N2O3S/c1-17-7-6-14(11-3-4-11)12(9-13)5-2-8-18(15,16)10-12/h11H,2-10,13H2,1H3. The number of hydrogen-bond acceptors (Lipinski definition) is 5. The van der Waals surface area contributed by atoms with Crippen LogP contribution in [0.5, 0.6) is 0 Å². The van der Waals surface area contributed by atoms with E-state index in [9.17, 15) is 8.42 Å². The van der Waals surface area contributed by atoms with Crippen molar-refractivity contribution in [2.75, 3.05) is 38.3 Å². The summed E-state index contributed by atoms with van der Waals surface area (Å²) in [6.07, 6.45) is 3.94. The summed E-state index contributed by atoms with van der Waals surface area (Å²) in [5, 5.41) is 0. The van der Waals surface area contributed by atoms with Gasteiger partial charge in [-0.1, -0.05) is 0 Å². The first kappa shape index (κ1) is 14.2. The van der Waals surface area contributed by atoms with Crippen LogP contribution in [0.4, 0.5) is 0 Å². The van der Waals surface area contributed by atoms with Crippen LogP contribution >= 0.6 is 0 Å². The van der Waals surface area contributed by atoms with Gasteiger partial charge in [0, 0.05) is 31.8 Å². The van der Waals surface area contributed by atoms with Gasteiger partial charge in [0.1, 0.15) is 0 Å². The van der Waals surface area contributed by atoms with Crippen LogP contribution in [0.25, 0.3) is 0 Å². The summed E-state index contributed by atoms with van der Waals surface area (Å²) < 4.78 is 29.0. The summed E-state index contributed by atoms with van der Waals surface area (Å²) in [4.78, 5) is 2.31. The van der Waals surface area contributed by atoms with Gasteiger partial charge in [0.2, 0.25) is 0 Å². The molecule has 1 unspecified atom stereocenters. The Morgan fingerprint density at radius 1 is 1.44 bits per heavy atom. The zero-order valence-corrected chi connectivity index (χ0v) is 11.9. The second-order valence-electron chi connectivity index (χ2n) is 5.54. The van der Waals surface area contributed by atoms with Gasteiger partial charge >= 0.3 is 0 Å². The molecule has 2 fully saturated rings. The Morgan fingerprint density at radius 3 is 2.67 bits per heavy atom. The summed E-state index contributed by atoms with van der Waals surface area (Å²) in [7, 11) is -1.26. The van der Waals surface area contributed by atoms with Crippen LogP contribution < -0.4 is 5.73 Å². The summed E-state index contributed by atoms with van der Waals surface area (Å²) in [6, 6.07) is 0.511. The smallest absolute Gasteiger partial charge is 0.152 e. The molecule has 1 aliphatic heterocycles. The van der Waals surface area contributed by atoms with Crippen LogP contribution in [0.1, 0.15) is 25.7 Å². The van der Waals surface area contributed by atoms with E-state index in [4.69, 9.17) is 10.5 Å². The first-order chi connectivity index (χ1) is 8.53. The molecule has 0 radical (unpaired) electrons. The zero-order valence-electron chi connectivity index (χ0n) is 11.1. The van der Waals surface area contributed by atoms with Gasteiger partial charge in [-0.05, 0) is 25.7 Å². The number of methoxy groups -OCH3 is 1. The maximum atomic E-state index is 11.9. The molecule has 0 amide bonds. The molecule has 2 aliphatic rings. The third-order valence-electron chi connectivity index (χ3n) is 4.10. The molecule has 0 aromatic rings. The van der Waals surface area contributed by atoms with Crippen molar-refractivity contribution in [2.24, 2.45) is 5.73 Å². The van der Waals surface area contributed by atoms with Crippen molar-refractivity contribution in [3.8, 4) is 0 Å². The van der Waals surface area contributed by atoms with Crippen LogP contribution in [0.3, 0.4) is 0 Å². The van der Waals surface area contributed by atoms with E-state index in [0.717, 1.165) is 32.2 Å². The van der Waals surface area contributed by atoms with Gasteiger partial charge in [-0.15, -0.1) is 0 Å². The second-order valence-corrected chi connectivity index (χ2v) is 7.73. The van der Waals surface area contributed by atoms with Gasteiger partial charge in [0.25, 0.3) is 0 Å². The fourth-order valence-corrected chi connectivity index (χ4v) is 5.04. The van der Waals surface area contributed by atoms with Gasteiger partial charge < -0.3 is 10.5 Å². The lowest BCUT2D eigenvalue weighted by Crippen LogP contribution is -2.61. The molecule has 18 heavy (non-hydrogen) atoms. The van der Waals surface area contributed by atoms with E-state index in [1.807, 2.05) is 0 Å². The van der Waals surface area contributed by atoms with Crippen LogP contribution in [-0.4, -0.2) is 63.2 Å². The molecule has 2 rings (SSSR count). The Hall–Kier alpha value is -0.170. The summed E-state index contributed by atoms with van der Waals surface area (Å²) in [5.74, 6) is 0.536. The summed E-state index contributed by atoms with van der Waals surface area (Å²) in [6.45, 7) is 1.85. The molecule has 0 spiro atoms. The molecule has 1 saturated carbocycles. The van der Waals surface area contributed by atoms with Gasteiger partial charge in [0.15, 0.2) is 9.84 Å². The fourth-order valence-electron chi connectivity index (χ4n) is 3.06. The van der Waals surface area contributed by atoms with Crippen molar-refractivity contribution >= 4 is 9.84 Å². The largest absolute Gasteiger partial charge is 0.383 e. The third kappa shape index (κ3) is 3.04. The Balaban J connectivity index is 2.17. The average Bonchev–Trinajstić information content (AvgIpc) is 3.12. The van der Waals surface area contributed by atoms with Gasteiger partial charge in [-0.25, -0.2) is 8.42 Å². The van der Waals surface area contributed by atoms with Gasteiger partial charge in [-0.3, -0.25) is 4.90 Å². The number of hydrogen-bond donors (Lipinski definition) is 1. The molecule has 0 aromatic carbocycles. The lowest BCUT2D eigenvalue weighted by atomic mass is 9.92. The molecule has 0 aromatic heterocycles. The number of sulfone groups is 1. The van der Waals surface area contributed by atoms with Gasteiger partial charge in [-0.2, -0.15) is 0 Å². The summed E-state index contributed by atoms with van der Waals surface area (Å²) >= 11 is 0. The Bertz CT molecular complexity index is 381. The molecule has 1 saturated heterocycles. The molecule has 6 heteroatoms. The Kier molecular flexibility index (Phi) is 4.31. The quantitative estimate of drug-likeness (QED) is 0.739. The van der Waals surface area contributed by atoms with E-state index in [0.29, 0.717) is 24.9 Å². The van der Waals surface area contributed by atoms with Crippen LogP contribution in [0.15, 0.2) is 0 Å². The average molecular weight is 276 g/mol. The number of nitrogens with two attached hydrogens (primary N) is 1. The van der Waals surface area contributed by atoms with Crippen LogP contribution in [-0.2, 0) is 14.6 Å². The van der Waals surface area contributed by atoms with Crippen molar-refractivity contribution in [3.63, 3.8) is 0 Å². The number of rotatable bonds is 6. The molecule has 5 nitrogen and oxygen atoms in total. The second kappa shape index (κ2) is 5.45. The monoisotopic (exact) mass is 276 g/mol. The zero-order chi connectivity index (χ0) is 13.2. The molecule has 2 N–H and O–H groups in total. The minimum Gasteiger partial charge on any atom is -0.383 e. The van der Waals surface area contributed by atoms with E-state index in [-0.39, 0.29) is 11.3 Å². The SMILES string of the molecule is COCCN(C1CC1)C1(CN)CCCS(=O)(=O)C1. The molecule has 1 aliphatic carbocycles. The highest BCUT2D eigenvalue weighted by molar-refractivity contribution is 7.91. The van der Waals surface area contributed by atoms with Crippen molar-refractivity contribution in [3.05, 3.63) is 0 Å². The normalized spacial score (nSPS) is 31.7. The minimum absolute atomic E-state index is 0.219. The Morgan fingerprint density at radius 2 is 2.17 bits per heavy atom. The molecule has 0 bridgehead atoms. The van der Waals surface area contributed by atoms with E-state index < -0.39 is 9.84 Å². The highest BCUT2D eigenvalue weighted by Gasteiger charge is 2.47. The molecule has 1 atom stereocenters. The first-order valence-electron chi connectivity index (χ1n) is 6.69. The molecule has 1 heterocycles. The third-order valence-corrected chi connectivity index (χ3v) is 5.99. The van der Waals surface area contributed by atoms with Crippen molar-refractivity contribution in [2.45, 2.75) is 37.3 Å². The van der Waals surface area contributed by atoms with Crippen LogP contribution in [0, 0.1) is 0 Å². The molecule has 106 valence electrons. The lowest BCUT2D eigenvalue weighted by molar-refractivity contribution is 0.0572. The first-order valence-corrected chi connectivity index (χ1v) is 8.51. The number of ether oxygens (including phenoxy) is 1. The topological polar surface area (TPSA) is 72.6 Å². The van der Waals surface area contributed by atoms with Gasteiger partial charge in [0.05, 0.1) is 18.1 Å². The highest BCUT2D eigenvalue weighted by atomic mass is 32.2. The maximum Gasteiger partial charge on any atom is 0.152 e. The van der Waals surface area contributed by atoms with Crippen molar-refractivity contribution in [1.29, 1.82) is 0 Å². The fraction of sp³-hybridized carbons (Fsp3) is 1.00. The summed E-state index contributed by atoms with van der Waals surface area (Å²) in [5.41, 5.74) is 5.60. The van der Waals surface area contributed by atoms with E-state index in [1.54, 1.807) is 7.11 Å². The predicted molar refractivity (Wildman–Crippen MR) is 71.3 cm³/mol. The predicted octanol–water partition coefficient (Wildman–Crippen LogP) is 0.00330. The highest BCUT2D eigenvalue weighted by Crippen LogP contribution is 2.37. The van der Waals surface area contributed by atoms with Crippen molar-refractivity contribution < 1.29 is 13.2 Å². The van der Waals surface area contributed by atoms with E-state index in [2.05, 4.69) is 4.90 Å². The van der Waals surface area contributed by atoms with Crippen molar-refractivity contribution in [1.82, 2.24) is 4.90 Å². The van der Waals surface area contributed by atoms with E-state index in [1.165, 1.54) is 0 Å². The molecular weight excluding hydrogens is 252 g/mol. The maximum absolute atomic E-state index is 11.9. The number of nitrogens with zero attached hydrogens (tertiary/aromatic N) is 1. The molecular formula is C12H24N2O3S. The van der Waals surface area contributed by atoms with E-state index >= 15 is 0 Å². The lowest BCUT2D eigenvalue weighted by Gasteiger charge is -2.45.